The highest BCUT2D eigenvalue weighted by molar-refractivity contribution is 7.92. The Morgan fingerprint density at radius 1 is 0.694 bits per heavy atom. The lowest BCUT2D eigenvalue weighted by atomic mass is 10.0. The number of rotatable bonds is 7. The van der Waals surface area contributed by atoms with Crippen molar-refractivity contribution in [3.05, 3.63) is 120 Å². The van der Waals surface area contributed by atoms with Crippen molar-refractivity contribution >= 4 is 30.9 Å². The van der Waals surface area contributed by atoms with E-state index in [9.17, 15) is 16.8 Å². The molecule has 182 valence electrons. The standard InChI is InChI=1S/C28H24N2O4S2/c1-21-11-15-23(16-12-21)24-17-13-22(14-18-24)20-29-35(31,32)28-19-25-7-5-6-10-27(25)30(28)36(33,34)26-8-3-2-4-9-26/h2-19,29H,20H2,1H3. The molecule has 0 radical (unpaired) electrons. The monoisotopic (exact) mass is 516 g/mol. The van der Waals surface area contributed by atoms with Gasteiger partial charge in [0.15, 0.2) is 5.03 Å². The largest absolute Gasteiger partial charge is 0.269 e. The number of hydrogen-bond acceptors (Lipinski definition) is 4. The number of hydrogen-bond donors (Lipinski definition) is 1. The average Bonchev–Trinajstić information content (AvgIpc) is 3.31. The predicted octanol–water partition coefficient (Wildman–Crippen LogP) is 5.33. The second-order valence-corrected chi connectivity index (χ2v) is 12.0. The molecule has 0 atom stereocenters. The summed E-state index contributed by atoms with van der Waals surface area (Å²) >= 11 is 0. The summed E-state index contributed by atoms with van der Waals surface area (Å²) in [5.41, 5.74) is 4.32. The van der Waals surface area contributed by atoms with Crippen molar-refractivity contribution < 1.29 is 16.8 Å². The highest BCUT2D eigenvalue weighted by Gasteiger charge is 2.29. The molecule has 0 bridgehead atoms. The van der Waals surface area contributed by atoms with Gasteiger partial charge in [-0.05, 0) is 47.9 Å². The van der Waals surface area contributed by atoms with Crippen LogP contribution < -0.4 is 4.72 Å². The Bertz CT molecular complexity index is 1740. The van der Waals surface area contributed by atoms with E-state index in [4.69, 9.17) is 0 Å². The Morgan fingerprint density at radius 2 is 1.28 bits per heavy atom. The van der Waals surface area contributed by atoms with Crippen LogP contribution in [0.5, 0.6) is 0 Å². The lowest BCUT2D eigenvalue weighted by Gasteiger charge is -2.13. The number of fused-ring (bicyclic) bond motifs is 1. The third-order valence-electron chi connectivity index (χ3n) is 6.00. The number of nitrogens with zero attached hydrogens (tertiary/aromatic N) is 1. The second-order valence-electron chi connectivity index (χ2n) is 8.51. The Hall–Kier alpha value is -3.72. The van der Waals surface area contributed by atoms with Gasteiger partial charge in [0.2, 0.25) is 0 Å². The van der Waals surface area contributed by atoms with Crippen molar-refractivity contribution in [2.24, 2.45) is 0 Å². The normalized spacial score (nSPS) is 12.1. The minimum absolute atomic E-state index is 0.00879. The zero-order valence-corrected chi connectivity index (χ0v) is 21.1. The molecule has 0 unspecified atom stereocenters. The summed E-state index contributed by atoms with van der Waals surface area (Å²) in [6.07, 6.45) is 0. The fourth-order valence-electron chi connectivity index (χ4n) is 4.05. The van der Waals surface area contributed by atoms with Gasteiger partial charge in [-0.15, -0.1) is 0 Å². The fraction of sp³-hybridized carbons (Fsp3) is 0.0714. The summed E-state index contributed by atoms with van der Waals surface area (Å²) in [6.45, 7) is 2.05. The van der Waals surface area contributed by atoms with E-state index < -0.39 is 20.0 Å². The predicted molar refractivity (Wildman–Crippen MR) is 142 cm³/mol. The molecule has 0 aliphatic carbocycles. The van der Waals surface area contributed by atoms with Crippen LogP contribution in [0.2, 0.25) is 0 Å². The molecule has 0 saturated carbocycles. The van der Waals surface area contributed by atoms with Crippen LogP contribution >= 0.6 is 0 Å². The molecule has 0 amide bonds. The number of benzene rings is 4. The van der Waals surface area contributed by atoms with Crippen LogP contribution in [0, 0.1) is 6.92 Å². The molecule has 0 aliphatic rings. The number of nitrogens with one attached hydrogen (secondary N) is 1. The third kappa shape index (κ3) is 4.58. The molecule has 1 heterocycles. The number of aryl methyl sites for hydroxylation is 1. The second kappa shape index (κ2) is 9.39. The van der Waals surface area contributed by atoms with Crippen LogP contribution in [0.15, 0.2) is 119 Å². The van der Waals surface area contributed by atoms with Gasteiger partial charge in [0.25, 0.3) is 20.0 Å². The molecule has 0 saturated heterocycles. The van der Waals surface area contributed by atoms with Crippen molar-refractivity contribution in [2.75, 3.05) is 0 Å². The smallest absolute Gasteiger partial charge is 0.221 e. The molecule has 5 rings (SSSR count). The van der Waals surface area contributed by atoms with Crippen LogP contribution in [0.1, 0.15) is 11.1 Å². The van der Waals surface area contributed by atoms with Gasteiger partial charge in [-0.3, -0.25) is 0 Å². The summed E-state index contributed by atoms with van der Waals surface area (Å²) in [5, 5.41) is 0.184. The minimum Gasteiger partial charge on any atom is -0.221 e. The lowest BCUT2D eigenvalue weighted by Crippen LogP contribution is -2.27. The van der Waals surface area contributed by atoms with Crippen LogP contribution in [-0.2, 0) is 26.6 Å². The molecule has 1 aromatic heterocycles. The van der Waals surface area contributed by atoms with Gasteiger partial charge in [-0.2, -0.15) is 0 Å². The topological polar surface area (TPSA) is 85.2 Å². The molecule has 5 aromatic rings. The van der Waals surface area contributed by atoms with Crippen molar-refractivity contribution in [3.8, 4) is 11.1 Å². The Kier molecular flexibility index (Phi) is 6.26. The van der Waals surface area contributed by atoms with Crippen LogP contribution in [0.3, 0.4) is 0 Å². The van der Waals surface area contributed by atoms with Gasteiger partial charge < -0.3 is 0 Å². The maximum Gasteiger partial charge on any atom is 0.269 e. The first-order chi connectivity index (χ1) is 17.3. The van der Waals surface area contributed by atoms with E-state index in [0.29, 0.717) is 10.9 Å². The zero-order chi connectivity index (χ0) is 25.3. The maximum absolute atomic E-state index is 13.5. The van der Waals surface area contributed by atoms with Gasteiger partial charge in [-0.25, -0.2) is 25.5 Å². The van der Waals surface area contributed by atoms with Crippen molar-refractivity contribution in [1.29, 1.82) is 0 Å². The lowest BCUT2D eigenvalue weighted by molar-refractivity contribution is 0.565. The Morgan fingerprint density at radius 3 is 1.94 bits per heavy atom. The van der Waals surface area contributed by atoms with Gasteiger partial charge in [-0.1, -0.05) is 90.5 Å². The molecule has 6 nitrogen and oxygen atoms in total. The van der Waals surface area contributed by atoms with E-state index in [1.165, 1.54) is 23.8 Å². The Labute approximate surface area is 211 Å². The average molecular weight is 517 g/mol. The van der Waals surface area contributed by atoms with E-state index in [-0.39, 0.29) is 16.5 Å². The van der Waals surface area contributed by atoms with Gasteiger partial charge >= 0.3 is 0 Å². The highest BCUT2D eigenvalue weighted by atomic mass is 32.2. The SMILES string of the molecule is Cc1ccc(-c2ccc(CNS(=O)(=O)c3cc4ccccc4n3S(=O)(=O)c3ccccc3)cc2)cc1. The van der Waals surface area contributed by atoms with E-state index >= 15 is 0 Å². The van der Waals surface area contributed by atoms with Crippen LogP contribution in [0.4, 0.5) is 0 Å². The summed E-state index contributed by atoms with van der Waals surface area (Å²) in [7, 11) is -8.34. The first-order valence-electron chi connectivity index (χ1n) is 11.3. The van der Waals surface area contributed by atoms with Gasteiger partial charge in [0, 0.05) is 11.9 Å². The number of para-hydroxylation sites is 1. The molecule has 1 N–H and O–H groups in total. The molecular formula is C28H24N2O4S2. The summed E-state index contributed by atoms with van der Waals surface area (Å²) in [4.78, 5) is 0.00879. The first-order valence-corrected chi connectivity index (χ1v) is 14.2. The van der Waals surface area contributed by atoms with Gasteiger partial charge in [0.1, 0.15) is 0 Å². The van der Waals surface area contributed by atoms with E-state index in [2.05, 4.69) is 4.72 Å². The highest BCUT2D eigenvalue weighted by Crippen LogP contribution is 2.28. The first kappa shape index (κ1) is 24.0. The van der Waals surface area contributed by atoms with E-state index in [0.717, 1.165) is 20.7 Å². The molecule has 36 heavy (non-hydrogen) atoms. The molecular weight excluding hydrogens is 492 g/mol. The minimum atomic E-state index is -4.18. The third-order valence-corrected chi connectivity index (χ3v) is 9.23. The Balaban J connectivity index is 1.47. The number of aromatic nitrogens is 1. The summed E-state index contributed by atoms with van der Waals surface area (Å²) in [6, 6.07) is 31.6. The van der Waals surface area contributed by atoms with Crippen LogP contribution in [0.25, 0.3) is 22.0 Å². The van der Waals surface area contributed by atoms with Crippen molar-refractivity contribution in [1.82, 2.24) is 8.69 Å². The van der Waals surface area contributed by atoms with Crippen LogP contribution in [-0.4, -0.2) is 20.8 Å². The zero-order valence-electron chi connectivity index (χ0n) is 19.5. The summed E-state index contributed by atoms with van der Waals surface area (Å²) < 4.78 is 57.3. The van der Waals surface area contributed by atoms with Crippen molar-refractivity contribution in [2.45, 2.75) is 23.4 Å². The van der Waals surface area contributed by atoms with Crippen molar-refractivity contribution in [3.63, 3.8) is 0 Å². The van der Waals surface area contributed by atoms with Gasteiger partial charge in [0.05, 0.1) is 10.4 Å². The molecule has 8 heteroatoms. The quantitative estimate of drug-likeness (QED) is 0.317. The molecule has 0 spiro atoms. The maximum atomic E-state index is 13.5. The fourth-order valence-corrected chi connectivity index (χ4v) is 7.17. The summed E-state index contributed by atoms with van der Waals surface area (Å²) in [5.74, 6) is 0. The van der Waals surface area contributed by atoms with E-state index in [1.807, 2.05) is 55.5 Å². The molecule has 0 fully saturated rings. The van der Waals surface area contributed by atoms with E-state index in [1.54, 1.807) is 42.5 Å². The number of sulfonamides is 1. The molecule has 4 aromatic carbocycles. The molecule has 0 aliphatic heterocycles.